The molecule has 0 saturated carbocycles. The van der Waals surface area contributed by atoms with Crippen LogP contribution < -0.4 is 5.32 Å². The Kier molecular flexibility index (Phi) is 11.4. The Balaban J connectivity index is 1.46. The Morgan fingerprint density at radius 1 is 0.927 bits per heavy atom. The quantitative estimate of drug-likeness (QED) is 0.336. The number of hydrogen-bond acceptors (Lipinski definition) is 3. The van der Waals surface area contributed by atoms with Crippen LogP contribution in [0.5, 0.6) is 0 Å². The molecule has 2 aliphatic heterocycles. The molecule has 41 heavy (non-hydrogen) atoms. The van der Waals surface area contributed by atoms with E-state index in [1.54, 1.807) is 0 Å². The van der Waals surface area contributed by atoms with Gasteiger partial charge in [-0.2, -0.15) is 0 Å². The summed E-state index contributed by atoms with van der Waals surface area (Å²) < 4.78 is 0. The predicted octanol–water partition coefficient (Wildman–Crippen LogP) is 6.55. The summed E-state index contributed by atoms with van der Waals surface area (Å²) in [7, 11) is 4.26. The summed E-state index contributed by atoms with van der Waals surface area (Å²) in [5.41, 5.74) is 4.76. The second-order valence-corrected chi connectivity index (χ2v) is 13.0. The molecule has 0 aromatic heterocycles. The van der Waals surface area contributed by atoms with Crippen molar-refractivity contribution in [1.82, 2.24) is 20.0 Å². The molecule has 1 unspecified atom stereocenters. The Labute approximate surface area is 256 Å². The third kappa shape index (κ3) is 8.62. The van der Waals surface area contributed by atoms with Gasteiger partial charge in [0.05, 0.1) is 0 Å². The van der Waals surface area contributed by atoms with Crippen LogP contribution in [0, 0.1) is 12.8 Å². The molecule has 4 rings (SSSR count). The average Bonchev–Trinajstić information content (AvgIpc) is 3.49. The first-order chi connectivity index (χ1) is 19.6. The van der Waals surface area contributed by atoms with Gasteiger partial charge < -0.3 is 20.0 Å². The van der Waals surface area contributed by atoms with Crippen molar-refractivity contribution in [3.63, 3.8) is 0 Å². The first kappa shape index (κ1) is 31.7. The highest BCUT2D eigenvalue weighted by Crippen LogP contribution is 2.34. The molecule has 224 valence electrons. The topological polar surface area (TPSA) is 55.9 Å². The van der Waals surface area contributed by atoms with Gasteiger partial charge in [-0.25, -0.2) is 4.79 Å². The average molecular weight is 602 g/mol. The van der Waals surface area contributed by atoms with Crippen LogP contribution >= 0.6 is 23.2 Å². The monoisotopic (exact) mass is 600 g/mol. The highest BCUT2D eigenvalue weighted by atomic mass is 35.5. The number of urea groups is 1. The molecule has 1 N–H and O–H groups in total. The lowest BCUT2D eigenvalue weighted by Crippen LogP contribution is -2.54. The number of hydrogen-bond donors (Lipinski definition) is 1. The van der Waals surface area contributed by atoms with Crippen molar-refractivity contribution in [2.24, 2.45) is 5.92 Å². The number of piperidine rings is 1. The van der Waals surface area contributed by atoms with Gasteiger partial charge >= 0.3 is 6.03 Å². The van der Waals surface area contributed by atoms with Gasteiger partial charge in [0.2, 0.25) is 5.91 Å². The van der Waals surface area contributed by atoms with Crippen LogP contribution in [0.15, 0.2) is 36.4 Å². The van der Waals surface area contributed by atoms with E-state index in [0.29, 0.717) is 36.4 Å². The molecule has 2 aliphatic rings. The maximum absolute atomic E-state index is 13.9. The highest BCUT2D eigenvalue weighted by molar-refractivity contribution is 6.30. The SMILES string of the molecule is CCC(Cc1cc(Cl)ccc1C1CCN(C(=O)[C@@H](Cc2ccc(Cl)cc2C)NC(=O)N2CCCC2)CC1)CN(C)C. The molecule has 2 aromatic carbocycles. The summed E-state index contributed by atoms with van der Waals surface area (Å²) in [5, 5.41) is 4.55. The Hall–Kier alpha value is -2.28. The zero-order valence-corrected chi connectivity index (χ0v) is 26.6. The zero-order valence-electron chi connectivity index (χ0n) is 25.1. The molecule has 8 heteroatoms. The second-order valence-electron chi connectivity index (χ2n) is 12.2. The molecule has 0 spiro atoms. The van der Waals surface area contributed by atoms with Crippen molar-refractivity contribution >= 4 is 35.1 Å². The van der Waals surface area contributed by atoms with E-state index in [1.807, 2.05) is 41.0 Å². The number of carbonyl (C=O) groups is 2. The summed E-state index contributed by atoms with van der Waals surface area (Å²) >= 11 is 12.6. The van der Waals surface area contributed by atoms with E-state index in [0.717, 1.165) is 74.3 Å². The van der Waals surface area contributed by atoms with Crippen LogP contribution in [-0.2, 0) is 17.6 Å². The minimum Gasteiger partial charge on any atom is -0.341 e. The molecule has 2 saturated heterocycles. The molecule has 0 radical (unpaired) electrons. The Bertz CT molecular complexity index is 1190. The van der Waals surface area contributed by atoms with Gasteiger partial charge in [-0.3, -0.25) is 4.79 Å². The van der Waals surface area contributed by atoms with E-state index >= 15 is 0 Å². The van der Waals surface area contributed by atoms with Crippen LogP contribution in [0.4, 0.5) is 4.79 Å². The summed E-state index contributed by atoms with van der Waals surface area (Å²) in [4.78, 5) is 33.0. The predicted molar refractivity (Wildman–Crippen MR) is 169 cm³/mol. The minimum absolute atomic E-state index is 0.00120. The third-order valence-corrected chi connectivity index (χ3v) is 9.25. The number of aryl methyl sites for hydroxylation is 1. The molecule has 6 nitrogen and oxygen atoms in total. The first-order valence-electron chi connectivity index (χ1n) is 15.2. The van der Waals surface area contributed by atoms with E-state index in [4.69, 9.17) is 23.2 Å². The summed E-state index contributed by atoms with van der Waals surface area (Å²) in [6.45, 7) is 8.15. The lowest BCUT2D eigenvalue weighted by atomic mass is 9.83. The molecule has 2 fully saturated rings. The van der Waals surface area contributed by atoms with Crippen LogP contribution in [-0.4, -0.2) is 79.5 Å². The maximum atomic E-state index is 13.9. The molecule has 0 bridgehead atoms. The van der Waals surface area contributed by atoms with Crippen molar-refractivity contribution in [3.05, 3.63) is 68.7 Å². The molecular formula is C33H46Cl2N4O2. The van der Waals surface area contributed by atoms with E-state index in [1.165, 1.54) is 11.1 Å². The number of halogens is 2. The smallest absolute Gasteiger partial charge is 0.318 e. The van der Waals surface area contributed by atoms with Crippen LogP contribution in [0.1, 0.15) is 67.2 Å². The third-order valence-electron chi connectivity index (χ3n) is 8.78. The molecular weight excluding hydrogens is 555 g/mol. The number of nitrogens with zero attached hydrogens (tertiary/aromatic N) is 3. The number of rotatable bonds is 10. The van der Waals surface area contributed by atoms with E-state index in [2.05, 4.69) is 43.4 Å². The zero-order chi connectivity index (χ0) is 29.5. The lowest BCUT2D eigenvalue weighted by Gasteiger charge is -2.36. The number of amides is 3. The van der Waals surface area contributed by atoms with Crippen molar-refractivity contribution in [2.75, 3.05) is 46.8 Å². The normalized spacial score (nSPS) is 17.6. The van der Waals surface area contributed by atoms with Crippen LogP contribution in [0.3, 0.4) is 0 Å². The standard InChI is InChI=1S/C33H46Cl2N4O2/c1-5-24(22-37(3)4)19-27-20-29(35)10-11-30(27)25-12-16-38(17-13-25)32(40)31(36-33(41)39-14-6-7-15-39)21-26-8-9-28(34)18-23(26)2/h8-11,18,20,24-25,31H,5-7,12-17,19,21-22H2,1-4H3,(H,36,41)/t24?,31-/m1/s1. The van der Waals surface area contributed by atoms with Gasteiger partial charge in [0.1, 0.15) is 6.04 Å². The fraction of sp³-hybridized carbons (Fsp3) is 0.576. The van der Waals surface area contributed by atoms with Gasteiger partial charge in [-0.1, -0.05) is 48.7 Å². The fourth-order valence-corrected chi connectivity index (χ4v) is 6.84. The van der Waals surface area contributed by atoms with Crippen molar-refractivity contribution in [3.8, 4) is 0 Å². The van der Waals surface area contributed by atoms with Gasteiger partial charge in [0.25, 0.3) is 0 Å². The molecule has 3 amide bonds. The molecule has 0 aliphatic carbocycles. The molecule has 2 aromatic rings. The Morgan fingerprint density at radius 2 is 1.59 bits per heavy atom. The van der Waals surface area contributed by atoms with Gasteiger partial charge in [0, 0.05) is 49.2 Å². The lowest BCUT2D eigenvalue weighted by molar-refractivity contribution is -0.134. The van der Waals surface area contributed by atoms with Gasteiger partial charge in [-0.15, -0.1) is 0 Å². The summed E-state index contributed by atoms with van der Waals surface area (Å²) in [5.74, 6) is 0.957. The second kappa shape index (κ2) is 14.8. The van der Waals surface area contributed by atoms with Crippen molar-refractivity contribution in [2.45, 2.75) is 70.8 Å². The minimum atomic E-state index is -0.609. The van der Waals surface area contributed by atoms with Crippen molar-refractivity contribution in [1.29, 1.82) is 0 Å². The largest absolute Gasteiger partial charge is 0.341 e. The van der Waals surface area contributed by atoms with Crippen LogP contribution in [0.2, 0.25) is 10.0 Å². The number of nitrogens with one attached hydrogen (secondary N) is 1. The number of likely N-dealkylation sites (tertiary alicyclic amines) is 2. The Morgan fingerprint density at radius 3 is 2.22 bits per heavy atom. The van der Waals surface area contributed by atoms with Crippen molar-refractivity contribution < 1.29 is 9.59 Å². The maximum Gasteiger partial charge on any atom is 0.318 e. The van der Waals surface area contributed by atoms with E-state index in [-0.39, 0.29) is 11.9 Å². The van der Waals surface area contributed by atoms with Crippen LogP contribution in [0.25, 0.3) is 0 Å². The number of carbonyl (C=O) groups excluding carboxylic acids is 2. The number of benzene rings is 2. The van der Waals surface area contributed by atoms with Gasteiger partial charge in [-0.05, 0) is 111 Å². The van der Waals surface area contributed by atoms with E-state index < -0.39 is 6.04 Å². The van der Waals surface area contributed by atoms with E-state index in [9.17, 15) is 9.59 Å². The first-order valence-corrected chi connectivity index (χ1v) is 15.9. The summed E-state index contributed by atoms with van der Waals surface area (Å²) in [6, 6.07) is 11.3. The molecule has 2 heterocycles. The fourth-order valence-electron chi connectivity index (χ4n) is 6.41. The highest BCUT2D eigenvalue weighted by Gasteiger charge is 2.32. The summed E-state index contributed by atoms with van der Waals surface area (Å²) in [6.07, 6.45) is 6.40. The van der Waals surface area contributed by atoms with Gasteiger partial charge in [0.15, 0.2) is 0 Å². The molecule has 2 atom stereocenters.